The van der Waals surface area contributed by atoms with E-state index in [1.807, 2.05) is 31.2 Å². The van der Waals surface area contributed by atoms with Gasteiger partial charge in [-0.05, 0) is 24.1 Å². The Morgan fingerprint density at radius 1 is 1.33 bits per heavy atom. The van der Waals surface area contributed by atoms with E-state index in [1.54, 1.807) is 7.11 Å². The van der Waals surface area contributed by atoms with Gasteiger partial charge in [0, 0.05) is 30.7 Å². The molecule has 27 heavy (non-hydrogen) atoms. The lowest BCUT2D eigenvalue weighted by Gasteiger charge is -2.12. The molecule has 0 radical (unpaired) electrons. The summed E-state index contributed by atoms with van der Waals surface area (Å²) in [6, 6.07) is 7.43. The zero-order chi connectivity index (χ0) is 19.4. The number of aryl methyl sites for hydroxylation is 1. The molecule has 3 rings (SSSR count). The van der Waals surface area contributed by atoms with Crippen molar-refractivity contribution in [2.24, 2.45) is 0 Å². The van der Waals surface area contributed by atoms with Crippen LogP contribution in [-0.4, -0.2) is 45.9 Å². The standard InChI is InChI=1S/C19H21ClN4O3/c1-3-16-14(10-12-4-6-13(20)7-5-12)19(26)24-17(23-16)15(11-22-24)18(25)21-8-9-27-2/h4-7,11,26H,3,8-10H2,1-2H3,(H,21,25). The summed E-state index contributed by atoms with van der Waals surface area (Å²) in [4.78, 5) is 17.0. The van der Waals surface area contributed by atoms with Crippen LogP contribution in [0.4, 0.5) is 0 Å². The number of fused-ring (bicyclic) bond motifs is 1. The molecular weight excluding hydrogens is 368 g/mol. The smallest absolute Gasteiger partial charge is 0.256 e. The molecule has 0 aliphatic heterocycles. The molecule has 2 N–H and O–H groups in total. The lowest BCUT2D eigenvalue weighted by Crippen LogP contribution is -2.27. The number of benzene rings is 1. The fraction of sp³-hybridized carbons (Fsp3) is 0.316. The summed E-state index contributed by atoms with van der Waals surface area (Å²) in [5.74, 6) is -0.316. The number of methoxy groups -OCH3 is 1. The summed E-state index contributed by atoms with van der Waals surface area (Å²) in [7, 11) is 1.57. The van der Waals surface area contributed by atoms with E-state index < -0.39 is 0 Å². The molecule has 0 fully saturated rings. The van der Waals surface area contributed by atoms with E-state index in [0.29, 0.717) is 47.8 Å². The third-order valence-corrected chi connectivity index (χ3v) is 4.52. The number of halogens is 1. The maximum atomic E-state index is 12.4. The molecule has 1 aromatic carbocycles. The minimum absolute atomic E-state index is 0.0114. The molecule has 0 saturated heterocycles. The van der Waals surface area contributed by atoms with Crippen LogP contribution in [0, 0.1) is 0 Å². The van der Waals surface area contributed by atoms with Crippen molar-refractivity contribution in [2.75, 3.05) is 20.3 Å². The average Bonchev–Trinajstić information content (AvgIpc) is 3.09. The molecule has 7 nitrogen and oxygen atoms in total. The van der Waals surface area contributed by atoms with E-state index in [4.69, 9.17) is 16.3 Å². The summed E-state index contributed by atoms with van der Waals surface area (Å²) in [6.45, 7) is 2.75. The van der Waals surface area contributed by atoms with E-state index in [-0.39, 0.29) is 11.8 Å². The quantitative estimate of drug-likeness (QED) is 0.607. The number of rotatable bonds is 7. The van der Waals surface area contributed by atoms with E-state index in [9.17, 15) is 9.90 Å². The van der Waals surface area contributed by atoms with Crippen molar-refractivity contribution in [1.29, 1.82) is 0 Å². The Morgan fingerprint density at radius 2 is 2.07 bits per heavy atom. The van der Waals surface area contributed by atoms with Crippen molar-refractivity contribution in [2.45, 2.75) is 19.8 Å². The third kappa shape index (κ3) is 4.04. The highest BCUT2D eigenvalue weighted by Crippen LogP contribution is 2.26. The van der Waals surface area contributed by atoms with Crippen LogP contribution in [0.1, 0.15) is 34.1 Å². The SMILES string of the molecule is CCc1nc2c(C(=O)NCCOC)cnn2c(O)c1Cc1ccc(Cl)cc1. The second-order valence-electron chi connectivity index (χ2n) is 6.06. The maximum Gasteiger partial charge on any atom is 0.256 e. The van der Waals surface area contributed by atoms with Crippen LogP contribution in [0.2, 0.25) is 5.02 Å². The van der Waals surface area contributed by atoms with Crippen molar-refractivity contribution >= 4 is 23.2 Å². The average molecular weight is 389 g/mol. The fourth-order valence-electron chi connectivity index (χ4n) is 2.86. The van der Waals surface area contributed by atoms with Crippen molar-refractivity contribution in [3.05, 3.63) is 57.9 Å². The molecule has 0 saturated carbocycles. The highest BCUT2D eigenvalue weighted by molar-refractivity contribution is 6.30. The van der Waals surface area contributed by atoms with Gasteiger partial charge in [0.1, 0.15) is 5.56 Å². The number of aromatic nitrogens is 3. The van der Waals surface area contributed by atoms with Gasteiger partial charge in [-0.15, -0.1) is 0 Å². The lowest BCUT2D eigenvalue weighted by atomic mass is 10.0. The molecule has 0 aliphatic carbocycles. The van der Waals surface area contributed by atoms with Crippen molar-refractivity contribution in [1.82, 2.24) is 19.9 Å². The summed E-state index contributed by atoms with van der Waals surface area (Å²) < 4.78 is 6.23. The molecule has 0 unspecified atom stereocenters. The summed E-state index contributed by atoms with van der Waals surface area (Å²) in [5, 5.41) is 18.3. The topological polar surface area (TPSA) is 88.8 Å². The molecule has 8 heteroatoms. The molecule has 3 aromatic rings. The Kier molecular flexibility index (Phi) is 5.93. The molecule has 0 bridgehead atoms. The van der Waals surface area contributed by atoms with Gasteiger partial charge in [0.25, 0.3) is 5.91 Å². The highest BCUT2D eigenvalue weighted by Gasteiger charge is 2.20. The van der Waals surface area contributed by atoms with Crippen LogP contribution in [0.3, 0.4) is 0 Å². The number of hydrogen-bond acceptors (Lipinski definition) is 5. The number of aromatic hydroxyl groups is 1. The van der Waals surface area contributed by atoms with Gasteiger partial charge in [-0.2, -0.15) is 9.61 Å². The molecule has 2 aromatic heterocycles. The van der Waals surface area contributed by atoms with Gasteiger partial charge in [-0.3, -0.25) is 4.79 Å². The second kappa shape index (κ2) is 8.37. The maximum absolute atomic E-state index is 12.4. The lowest BCUT2D eigenvalue weighted by molar-refractivity contribution is 0.0938. The Morgan fingerprint density at radius 3 is 2.74 bits per heavy atom. The van der Waals surface area contributed by atoms with Crippen LogP contribution >= 0.6 is 11.6 Å². The van der Waals surface area contributed by atoms with Gasteiger partial charge in [0.2, 0.25) is 5.88 Å². The normalized spacial score (nSPS) is 11.1. The van der Waals surface area contributed by atoms with Gasteiger partial charge in [0.15, 0.2) is 5.65 Å². The first kappa shape index (κ1) is 19.1. The number of nitrogens with one attached hydrogen (secondary N) is 1. The fourth-order valence-corrected chi connectivity index (χ4v) is 2.98. The molecule has 0 atom stereocenters. The summed E-state index contributed by atoms with van der Waals surface area (Å²) >= 11 is 5.94. The number of ether oxygens (including phenoxy) is 1. The number of nitrogens with zero attached hydrogens (tertiary/aromatic N) is 3. The molecule has 142 valence electrons. The van der Waals surface area contributed by atoms with Crippen LogP contribution in [0.15, 0.2) is 30.5 Å². The Balaban J connectivity index is 1.98. The van der Waals surface area contributed by atoms with E-state index in [2.05, 4.69) is 15.4 Å². The Labute approximate surface area is 161 Å². The van der Waals surface area contributed by atoms with Crippen molar-refractivity contribution in [3.63, 3.8) is 0 Å². The molecule has 0 spiro atoms. The summed E-state index contributed by atoms with van der Waals surface area (Å²) in [6.07, 6.45) is 2.52. The number of carbonyl (C=O) groups is 1. The minimum Gasteiger partial charge on any atom is -0.493 e. The minimum atomic E-state index is -0.304. The van der Waals surface area contributed by atoms with Gasteiger partial charge < -0.3 is 15.2 Å². The van der Waals surface area contributed by atoms with E-state index >= 15 is 0 Å². The van der Waals surface area contributed by atoms with E-state index in [1.165, 1.54) is 10.7 Å². The first-order valence-corrected chi connectivity index (χ1v) is 9.03. The van der Waals surface area contributed by atoms with Crippen LogP contribution in [0.25, 0.3) is 5.65 Å². The van der Waals surface area contributed by atoms with Gasteiger partial charge in [-0.25, -0.2) is 4.98 Å². The van der Waals surface area contributed by atoms with Gasteiger partial charge in [0.05, 0.1) is 18.5 Å². The molecule has 1 amide bonds. The Bertz CT molecular complexity index is 954. The number of amides is 1. The largest absolute Gasteiger partial charge is 0.493 e. The summed E-state index contributed by atoms with van der Waals surface area (Å²) in [5.41, 5.74) is 3.05. The second-order valence-corrected chi connectivity index (χ2v) is 6.50. The van der Waals surface area contributed by atoms with Gasteiger partial charge in [-0.1, -0.05) is 30.7 Å². The van der Waals surface area contributed by atoms with Gasteiger partial charge >= 0.3 is 0 Å². The monoisotopic (exact) mass is 388 g/mol. The molecule has 2 heterocycles. The third-order valence-electron chi connectivity index (χ3n) is 4.27. The zero-order valence-corrected chi connectivity index (χ0v) is 16.0. The first-order chi connectivity index (χ1) is 13.0. The van der Waals surface area contributed by atoms with Crippen LogP contribution in [-0.2, 0) is 17.6 Å². The molecule has 0 aliphatic rings. The predicted octanol–water partition coefficient (Wildman–Crippen LogP) is 2.62. The number of hydrogen-bond donors (Lipinski definition) is 2. The zero-order valence-electron chi connectivity index (χ0n) is 15.2. The Hall–Kier alpha value is -2.64. The number of carbonyl (C=O) groups excluding carboxylic acids is 1. The predicted molar refractivity (Wildman–Crippen MR) is 102 cm³/mol. The molecular formula is C19H21ClN4O3. The van der Waals surface area contributed by atoms with Crippen molar-refractivity contribution in [3.8, 4) is 5.88 Å². The van der Waals surface area contributed by atoms with Crippen LogP contribution < -0.4 is 5.32 Å². The van der Waals surface area contributed by atoms with Crippen LogP contribution in [0.5, 0.6) is 5.88 Å². The highest BCUT2D eigenvalue weighted by atomic mass is 35.5. The first-order valence-electron chi connectivity index (χ1n) is 8.65. The van der Waals surface area contributed by atoms with Crippen molar-refractivity contribution < 1.29 is 14.6 Å². The van der Waals surface area contributed by atoms with E-state index in [0.717, 1.165) is 11.3 Å².